The van der Waals surface area contributed by atoms with Crippen molar-refractivity contribution in [2.75, 3.05) is 37.5 Å². The lowest BCUT2D eigenvalue weighted by Crippen LogP contribution is -2.31. The van der Waals surface area contributed by atoms with E-state index < -0.39 is 5.41 Å². The summed E-state index contributed by atoms with van der Waals surface area (Å²) < 4.78 is 12.3. The molecule has 0 amide bonds. The van der Waals surface area contributed by atoms with Crippen LogP contribution in [0.2, 0.25) is 0 Å². The quantitative estimate of drug-likeness (QED) is 0.353. The van der Waals surface area contributed by atoms with Gasteiger partial charge in [-0.2, -0.15) is 10.4 Å². The van der Waals surface area contributed by atoms with Gasteiger partial charge in [0.25, 0.3) is 0 Å². The van der Waals surface area contributed by atoms with Crippen LogP contribution in [0, 0.1) is 18.3 Å². The van der Waals surface area contributed by atoms with Crippen LogP contribution in [0.5, 0.6) is 0 Å². The Bertz CT molecular complexity index is 1280. The van der Waals surface area contributed by atoms with Crippen molar-refractivity contribution < 1.29 is 14.3 Å². The average molecular weight is 476 g/mol. The third-order valence-electron chi connectivity index (χ3n) is 5.97. The Morgan fingerprint density at radius 3 is 2.94 bits per heavy atom. The molecule has 0 saturated carbocycles. The van der Waals surface area contributed by atoms with Crippen molar-refractivity contribution in [3.05, 3.63) is 47.3 Å². The minimum Gasteiger partial charge on any atom is -0.465 e. The minimum atomic E-state index is -0.455. The fourth-order valence-electron chi connectivity index (χ4n) is 4.18. The smallest absolute Gasteiger partial charge is 0.302 e. The van der Waals surface area contributed by atoms with E-state index in [-0.39, 0.29) is 12.6 Å². The van der Waals surface area contributed by atoms with Crippen LogP contribution in [-0.2, 0) is 26.2 Å². The first-order valence-corrected chi connectivity index (χ1v) is 11.4. The van der Waals surface area contributed by atoms with Crippen LogP contribution in [0.25, 0.3) is 11.3 Å². The predicted octanol–water partition coefficient (Wildman–Crippen LogP) is 3.55. The molecule has 0 unspecified atom stereocenters. The number of carbonyl (C=O) groups is 1. The van der Waals surface area contributed by atoms with Crippen molar-refractivity contribution in [3.8, 4) is 17.3 Å². The van der Waals surface area contributed by atoms with Gasteiger partial charge in [0, 0.05) is 57.0 Å². The normalized spacial score (nSPS) is 16.3. The van der Waals surface area contributed by atoms with Gasteiger partial charge < -0.3 is 20.1 Å². The number of hydrogen-bond acceptors (Lipinski definition) is 9. The van der Waals surface area contributed by atoms with Crippen molar-refractivity contribution in [3.63, 3.8) is 0 Å². The van der Waals surface area contributed by atoms with Gasteiger partial charge in [-0.25, -0.2) is 14.6 Å². The van der Waals surface area contributed by atoms with Gasteiger partial charge in [0.15, 0.2) is 0 Å². The topological polar surface area (TPSA) is 127 Å². The van der Waals surface area contributed by atoms with Gasteiger partial charge >= 0.3 is 5.97 Å². The second kappa shape index (κ2) is 10.1. The molecule has 0 saturated heterocycles. The van der Waals surface area contributed by atoms with Gasteiger partial charge in [-0.15, -0.1) is 0 Å². The van der Waals surface area contributed by atoms with Crippen molar-refractivity contribution in [2.24, 2.45) is 0 Å². The molecule has 10 nitrogen and oxygen atoms in total. The first-order chi connectivity index (χ1) is 16.8. The first kappa shape index (κ1) is 24.2. The van der Waals surface area contributed by atoms with E-state index in [4.69, 9.17) is 14.5 Å². The molecule has 0 radical (unpaired) electrons. The van der Waals surface area contributed by atoms with Gasteiger partial charge in [-0.05, 0) is 37.1 Å². The zero-order valence-electron chi connectivity index (χ0n) is 20.4. The second-order valence-electron chi connectivity index (χ2n) is 8.88. The molecule has 35 heavy (non-hydrogen) atoms. The minimum absolute atomic E-state index is 0.222. The molecule has 2 aromatic heterocycles. The zero-order valence-corrected chi connectivity index (χ0v) is 20.4. The molecule has 1 aliphatic rings. The second-order valence-corrected chi connectivity index (χ2v) is 8.88. The average Bonchev–Trinajstić information content (AvgIpc) is 3.37. The van der Waals surface area contributed by atoms with Crippen LogP contribution in [0.1, 0.15) is 37.1 Å². The summed E-state index contributed by atoms with van der Waals surface area (Å²) in [5.41, 5.74) is 4.10. The van der Waals surface area contributed by atoms with Gasteiger partial charge in [0.05, 0.1) is 22.6 Å². The highest BCUT2D eigenvalue weighted by molar-refractivity contribution is 5.76. The number of anilines is 3. The van der Waals surface area contributed by atoms with Crippen LogP contribution in [0.15, 0.2) is 30.5 Å². The number of benzene rings is 1. The number of aromatic nitrogens is 4. The first-order valence-electron chi connectivity index (χ1n) is 11.4. The highest BCUT2D eigenvalue weighted by Gasteiger charge is 2.37. The van der Waals surface area contributed by atoms with Crippen LogP contribution in [0.4, 0.5) is 17.5 Å². The highest BCUT2D eigenvalue weighted by atomic mass is 16.5. The monoisotopic (exact) mass is 475 g/mol. The molecule has 182 valence electrons. The number of fused-ring (bicyclic) bond motifs is 1. The van der Waals surface area contributed by atoms with Crippen molar-refractivity contribution in [1.29, 1.82) is 5.26 Å². The third-order valence-corrected chi connectivity index (χ3v) is 5.97. The molecule has 10 heteroatoms. The van der Waals surface area contributed by atoms with E-state index in [1.165, 1.54) is 6.92 Å². The van der Waals surface area contributed by atoms with Crippen LogP contribution < -0.4 is 10.6 Å². The van der Waals surface area contributed by atoms with Crippen molar-refractivity contribution in [2.45, 2.75) is 39.2 Å². The Morgan fingerprint density at radius 1 is 1.37 bits per heavy atom. The summed E-state index contributed by atoms with van der Waals surface area (Å²) in [4.78, 5) is 20.5. The Morgan fingerprint density at radius 2 is 2.20 bits per heavy atom. The summed E-state index contributed by atoms with van der Waals surface area (Å²) in [5, 5.41) is 20.9. The molecule has 1 aliphatic heterocycles. The number of methoxy groups -OCH3 is 1. The summed E-state index contributed by atoms with van der Waals surface area (Å²) in [6, 6.07) is 9.85. The lowest BCUT2D eigenvalue weighted by Gasteiger charge is -2.24. The summed E-state index contributed by atoms with van der Waals surface area (Å²) in [7, 11) is 1.68. The molecule has 4 rings (SSSR count). The Labute approximate surface area is 204 Å². The largest absolute Gasteiger partial charge is 0.465 e. The standard InChI is InChI=1S/C25H29N7O3/c1-16-10-22(32(31-16)8-5-9-34-4)30-24-27-7-6-21(29-24)18-11-19(13-26)23-20(12-18)25(3,14-28-23)15-35-17(2)33/h6-7,10-12,28H,5,8-9,14-15H2,1-4H3,(H,27,29,30)/t25-/m1/s1. The fraction of sp³-hybridized carbons (Fsp3) is 0.400. The SMILES string of the molecule is COCCCn1nc(C)cc1Nc1nccc(-c2cc(C#N)c3c(c2)[C@@](C)(COC(C)=O)CN3)n1. The van der Waals surface area contributed by atoms with E-state index in [9.17, 15) is 10.1 Å². The zero-order chi connectivity index (χ0) is 25.0. The number of ether oxygens (including phenoxy) is 2. The number of nitrogens with zero attached hydrogens (tertiary/aromatic N) is 5. The molecule has 2 N–H and O–H groups in total. The lowest BCUT2D eigenvalue weighted by molar-refractivity contribution is -0.142. The number of hydrogen-bond donors (Lipinski definition) is 2. The summed E-state index contributed by atoms with van der Waals surface area (Å²) in [6.07, 6.45) is 2.51. The van der Waals surface area contributed by atoms with Gasteiger partial charge in [-0.3, -0.25) is 4.79 Å². The summed E-state index contributed by atoms with van der Waals surface area (Å²) in [5.74, 6) is 0.885. The molecule has 0 aliphatic carbocycles. The van der Waals surface area contributed by atoms with E-state index in [0.717, 1.165) is 34.7 Å². The number of rotatable bonds is 9. The van der Waals surface area contributed by atoms with Crippen LogP contribution in [0.3, 0.4) is 0 Å². The summed E-state index contributed by atoms with van der Waals surface area (Å²) in [6.45, 7) is 7.48. The molecule has 3 aromatic rings. The highest BCUT2D eigenvalue weighted by Crippen LogP contribution is 2.41. The number of aryl methyl sites for hydroxylation is 2. The van der Waals surface area contributed by atoms with Gasteiger partial charge in [-0.1, -0.05) is 6.92 Å². The molecule has 1 aromatic carbocycles. The maximum atomic E-state index is 11.4. The predicted molar refractivity (Wildman–Crippen MR) is 131 cm³/mol. The van der Waals surface area contributed by atoms with E-state index in [1.807, 2.05) is 36.7 Å². The maximum Gasteiger partial charge on any atom is 0.302 e. The fourth-order valence-corrected chi connectivity index (χ4v) is 4.18. The molecule has 3 heterocycles. The molecular formula is C25H29N7O3. The summed E-state index contributed by atoms with van der Waals surface area (Å²) >= 11 is 0. The van der Waals surface area contributed by atoms with Crippen LogP contribution >= 0.6 is 0 Å². The molecule has 0 fully saturated rings. The number of nitrogens with one attached hydrogen (secondary N) is 2. The Hall–Kier alpha value is -3.97. The van der Waals surface area contributed by atoms with E-state index >= 15 is 0 Å². The Kier molecular flexibility index (Phi) is 6.98. The van der Waals surface area contributed by atoms with Crippen LogP contribution in [-0.4, -0.2) is 52.6 Å². The van der Waals surface area contributed by atoms with E-state index in [2.05, 4.69) is 26.8 Å². The van der Waals surface area contributed by atoms with E-state index in [1.54, 1.807) is 19.4 Å². The lowest BCUT2D eigenvalue weighted by atomic mass is 9.83. The molecule has 1 atom stereocenters. The van der Waals surface area contributed by atoms with Crippen molar-refractivity contribution in [1.82, 2.24) is 19.7 Å². The van der Waals surface area contributed by atoms with Gasteiger partial charge in [0.1, 0.15) is 18.5 Å². The molecular weight excluding hydrogens is 446 g/mol. The maximum absolute atomic E-state index is 11.4. The third kappa shape index (κ3) is 5.25. The Balaban J connectivity index is 1.64. The number of esters is 1. The van der Waals surface area contributed by atoms with Gasteiger partial charge in [0.2, 0.25) is 5.95 Å². The van der Waals surface area contributed by atoms with Crippen molar-refractivity contribution >= 4 is 23.4 Å². The van der Waals surface area contributed by atoms with E-state index in [0.29, 0.717) is 36.9 Å². The number of nitriles is 1. The number of carbonyl (C=O) groups excluding carboxylic acids is 1. The molecule has 0 spiro atoms. The molecule has 0 bridgehead atoms.